The maximum absolute atomic E-state index is 12.8. The summed E-state index contributed by atoms with van der Waals surface area (Å²) in [5, 5.41) is 5.05. The summed E-state index contributed by atoms with van der Waals surface area (Å²) in [4.78, 5) is 24.3. The van der Waals surface area contributed by atoms with Gasteiger partial charge in [0, 0.05) is 16.4 Å². The molecule has 0 saturated heterocycles. The number of hydrogen-bond donors (Lipinski definition) is 3. The zero-order valence-corrected chi connectivity index (χ0v) is 19.9. The Morgan fingerprint density at radius 1 is 0.943 bits per heavy atom. The zero-order valence-electron chi connectivity index (χ0n) is 17.6. The van der Waals surface area contributed by atoms with Gasteiger partial charge in [0.05, 0.1) is 17.1 Å². The van der Waals surface area contributed by atoms with Crippen LogP contribution < -0.4 is 20.1 Å². The van der Waals surface area contributed by atoms with Crippen molar-refractivity contribution < 1.29 is 31.5 Å². The van der Waals surface area contributed by atoms with Crippen molar-refractivity contribution in [3.63, 3.8) is 0 Å². The average Bonchev–Trinajstić information content (AvgIpc) is 2.80. The summed E-state index contributed by atoms with van der Waals surface area (Å²) < 4.78 is 57.2. The van der Waals surface area contributed by atoms with E-state index in [1.807, 2.05) is 0 Å². The Bertz CT molecular complexity index is 1340. The Balaban J connectivity index is 1.67. The van der Waals surface area contributed by atoms with Gasteiger partial charge in [-0.2, -0.15) is 8.78 Å². The van der Waals surface area contributed by atoms with E-state index in [4.69, 9.17) is 23.2 Å². The van der Waals surface area contributed by atoms with Gasteiger partial charge >= 0.3 is 6.61 Å². The molecule has 3 aromatic carbocycles. The second-order valence-corrected chi connectivity index (χ2v) is 9.36. The van der Waals surface area contributed by atoms with Crippen molar-refractivity contribution in [2.75, 3.05) is 16.6 Å². The molecule has 13 heteroatoms. The molecule has 0 bridgehead atoms. The van der Waals surface area contributed by atoms with Gasteiger partial charge in [0.2, 0.25) is 5.91 Å². The third-order valence-electron chi connectivity index (χ3n) is 4.36. The first-order valence-electron chi connectivity index (χ1n) is 9.75. The number of halogens is 4. The largest absolute Gasteiger partial charge is 0.434 e. The van der Waals surface area contributed by atoms with Crippen LogP contribution in [0.3, 0.4) is 0 Å². The van der Waals surface area contributed by atoms with Gasteiger partial charge in [0.15, 0.2) is 0 Å². The maximum atomic E-state index is 12.8. The molecule has 2 amide bonds. The fourth-order valence-electron chi connectivity index (χ4n) is 2.83. The second kappa shape index (κ2) is 11.3. The number of para-hydroxylation sites is 1. The van der Waals surface area contributed by atoms with Crippen LogP contribution in [0.15, 0.2) is 71.6 Å². The summed E-state index contributed by atoms with van der Waals surface area (Å²) in [6.45, 7) is -3.66. The van der Waals surface area contributed by atoms with Crippen LogP contribution in [0, 0.1) is 0 Å². The van der Waals surface area contributed by atoms with Crippen LogP contribution in [0.4, 0.5) is 20.2 Å². The molecule has 0 radical (unpaired) electrons. The Labute approximate surface area is 209 Å². The summed E-state index contributed by atoms with van der Waals surface area (Å²) in [5.74, 6) is -1.87. The van der Waals surface area contributed by atoms with Crippen LogP contribution in [0.25, 0.3) is 0 Å². The van der Waals surface area contributed by atoms with E-state index in [-0.39, 0.29) is 32.6 Å². The molecular formula is C22H17Cl2F2N3O5S. The predicted octanol–water partition coefficient (Wildman–Crippen LogP) is 4.76. The Morgan fingerprint density at radius 3 is 2.29 bits per heavy atom. The van der Waals surface area contributed by atoms with Crippen molar-refractivity contribution in [2.24, 2.45) is 0 Å². The summed E-state index contributed by atoms with van der Waals surface area (Å²) in [6.07, 6.45) is 0. The molecule has 184 valence electrons. The molecule has 0 fully saturated rings. The molecule has 0 aliphatic carbocycles. The standard InChI is InChI=1S/C22H17Cl2F2N3O5S/c23-13-5-7-14(8-6-13)29-35(32,33)19-11-15(9-10-17(19)24)28-20(30)12-27-21(31)16-3-1-2-4-18(16)34-22(25)26/h1-11,22,29H,12H2,(H,27,31)(H,28,30). The van der Waals surface area contributed by atoms with Crippen LogP contribution in [-0.2, 0) is 14.8 Å². The van der Waals surface area contributed by atoms with Gasteiger partial charge in [-0.05, 0) is 54.6 Å². The van der Waals surface area contributed by atoms with Crippen molar-refractivity contribution >= 4 is 56.4 Å². The maximum Gasteiger partial charge on any atom is 0.387 e. The molecule has 3 aromatic rings. The van der Waals surface area contributed by atoms with Crippen LogP contribution in [0.5, 0.6) is 5.75 Å². The highest BCUT2D eigenvalue weighted by atomic mass is 35.5. The number of sulfonamides is 1. The number of anilines is 2. The number of amides is 2. The number of hydrogen-bond acceptors (Lipinski definition) is 5. The van der Waals surface area contributed by atoms with Gasteiger partial charge in [-0.3, -0.25) is 14.3 Å². The van der Waals surface area contributed by atoms with Gasteiger partial charge < -0.3 is 15.4 Å². The minimum absolute atomic E-state index is 0.0894. The van der Waals surface area contributed by atoms with Crippen LogP contribution >= 0.6 is 23.2 Å². The van der Waals surface area contributed by atoms with E-state index in [1.54, 1.807) is 0 Å². The molecule has 0 spiro atoms. The number of nitrogens with one attached hydrogen (secondary N) is 3. The molecule has 0 aliphatic rings. The lowest BCUT2D eigenvalue weighted by Gasteiger charge is -2.13. The number of carbonyl (C=O) groups is 2. The molecule has 0 unspecified atom stereocenters. The van der Waals surface area contributed by atoms with Gasteiger partial charge in [-0.1, -0.05) is 35.3 Å². The van der Waals surface area contributed by atoms with Crippen molar-refractivity contribution in [2.45, 2.75) is 11.5 Å². The molecule has 8 nitrogen and oxygen atoms in total. The second-order valence-electron chi connectivity index (χ2n) is 6.86. The first-order valence-corrected chi connectivity index (χ1v) is 12.0. The highest BCUT2D eigenvalue weighted by molar-refractivity contribution is 7.92. The van der Waals surface area contributed by atoms with Gasteiger partial charge in [-0.25, -0.2) is 8.42 Å². The number of alkyl halides is 2. The van der Waals surface area contributed by atoms with E-state index in [0.717, 1.165) is 6.07 Å². The minimum atomic E-state index is -4.11. The summed E-state index contributed by atoms with van der Waals surface area (Å²) in [7, 11) is -4.11. The van der Waals surface area contributed by atoms with Crippen molar-refractivity contribution in [1.82, 2.24) is 5.32 Å². The van der Waals surface area contributed by atoms with Gasteiger partial charge in [-0.15, -0.1) is 0 Å². The molecule has 0 atom stereocenters. The van der Waals surface area contributed by atoms with Crippen molar-refractivity contribution in [3.05, 3.63) is 82.3 Å². The van der Waals surface area contributed by atoms with Crippen LogP contribution in [0.1, 0.15) is 10.4 Å². The molecule has 3 N–H and O–H groups in total. The van der Waals surface area contributed by atoms with E-state index >= 15 is 0 Å². The van der Waals surface area contributed by atoms with Crippen molar-refractivity contribution in [3.8, 4) is 5.75 Å². The average molecular weight is 544 g/mol. The molecule has 3 rings (SSSR count). The fraction of sp³-hybridized carbons (Fsp3) is 0.0909. The van der Waals surface area contributed by atoms with E-state index in [1.165, 1.54) is 60.7 Å². The molecule has 0 aliphatic heterocycles. The first-order chi connectivity index (χ1) is 16.5. The predicted molar refractivity (Wildman–Crippen MR) is 128 cm³/mol. The highest BCUT2D eigenvalue weighted by Crippen LogP contribution is 2.27. The SMILES string of the molecule is O=C(CNC(=O)c1ccccc1OC(F)F)Nc1ccc(Cl)c(S(=O)(=O)Nc2ccc(Cl)cc2)c1. The Kier molecular flexibility index (Phi) is 8.49. The van der Waals surface area contributed by atoms with E-state index < -0.39 is 35.0 Å². The minimum Gasteiger partial charge on any atom is -0.434 e. The number of rotatable bonds is 9. The Hall–Kier alpha value is -3.41. The third kappa shape index (κ3) is 7.28. The highest BCUT2D eigenvalue weighted by Gasteiger charge is 2.20. The lowest BCUT2D eigenvalue weighted by atomic mass is 10.2. The smallest absolute Gasteiger partial charge is 0.387 e. The summed E-state index contributed by atoms with van der Waals surface area (Å²) in [6, 6.07) is 15.0. The number of ether oxygens (including phenoxy) is 1. The van der Waals surface area contributed by atoms with Gasteiger partial charge in [0.25, 0.3) is 15.9 Å². The molecule has 0 saturated carbocycles. The van der Waals surface area contributed by atoms with Gasteiger partial charge in [0.1, 0.15) is 10.6 Å². The number of carbonyl (C=O) groups excluding carboxylic acids is 2. The molecule has 0 heterocycles. The zero-order chi connectivity index (χ0) is 25.6. The van der Waals surface area contributed by atoms with Crippen molar-refractivity contribution in [1.29, 1.82) is 0 Å². The third-order valence-corrected chi connectivity index (χ3v) is 6.47. The van der Waals surface area contributed by atoms with Crippen LogP contribution in [0.2, 0.25) is 10.0 Å². The Morgan fingerprint density at radius 2 is 1.60 bits per heavy atom. The van der Waals surface area contributed by atoms with E-state index in [2.05, 4.69) is 20.1 Å². The normalized spacial score (nSPS) is 11.1. The molecule has 0 aromatic heterocycles. The van der Waals surface area contributed by atoms with Crippen LogP contribution in [-0.4, -0.2) is 33.4 Å². The quantitative estimate of drug-likeness (QED) is 0.360. The molecule has 35 heavy (non-hydrogen) atoms. The molecular weight excluding hydrogens is 527 g/mol. The lowest BCUT2D eigenvalue weighted by molar-refractivity contribution is -0.115. The van der Waals surface area contributed by atoms with E-state index in [9.17, 15) is 26.8 Å². The lowest BCUT2D eigenvalue weighted by Crippen LogP contribution is -2.33. The topological polar surface area (TPSA) is 114 Å². The van der Waals surface area contributed by atoms with E-state index in [0.29, 0.717) is 5.02 Å². The number of benzene rings is 3. The first kappa shape index (κ1) is 26.2. The summed E-state index contributed by atoms with van der Waals surface area (Å²) >= 11 is 11.9. The monoisotopic (exact) mass is 543 g/mol. The fourth-order valence-corrected chi connectivity index (χ4v) is 4.54. The summed E-state index contributed by atoms with van der Waals surface area (Å²) in [5.41, 5.74) is 0.152.